The van der Waals surface area contributed by atoms with E-state index in [1.54, 1.807) is 12.1 Å². The average Bonchev–Trinajstić information content (AvgIpc) is 3.80. The van der Waals surface area contributed by atoms with Crippen LogP contribution in [0.4, 0.5) is 8.78 Å². The number of ether oxygens (including phenoxy) is 2. The van der Waals surface area contributed by atoms with Crippen molar-refractivity contribution in [3.63, 3.8) is 0 Å². The lowest BCUT2D eigenvalue weighted by atomic mass is 9.99. The molecule has 0 fully saturated rings. The summed E-state index contributed by atoms with van der Waals surface area (Å²) in [6.07, 6.45) is 1.18. The van der Waals surface area contributed by atoms with Gasteiger partial charge in [-0.2, -0.15) is 0 Å². The molecule has 0 aliphatic rings. The highest BCUT2D eigenvalue weighted by Gasteiger charge is 2.22. The Morgan fingerprint density at radius 1 is 0.419 bits per heavy atom. The molecular weight excluding hydrogens is 779 g/mol. The zero-order valence-corrected chi connectivity index (χ0v) is 34.2. The number of unbranched alkanes of at least 4 members (excludes halogenated alkanes) is 1. The number of halogens is 2. The molecule has 0 bridgehead atoms. The van der Waals surface area contributed by atoms with Gasteiger partial charge in [0.15, 0.2) is 0 Å². The number of nitrogens with zero attached hydrogens (tertiary/aromatic N) is 2. The van der Waals surface area contributed by atoms with Crippen molar-refractivity contribution >= 4 is 43.6 Å². The van der Waals surface area contributed by atoms with Crippen molar-refractivity contribution in [2.45, 2.75) is 26.7 Å². The van der Waals surface area contributed by atoms with Crippen LogP contribution in [0.3, 0.4) is 0 Å². The molecule has 10 rings (SSSR count). The summed E-state index contributed by atoms with van der Waals surface area (Å²) in [7, 11) is 0. The van der Waals surface area contributed by atoms with Crippen molar-refractivity contribution in [3.05, 3.63) is 180 Å². The van der Waals surface area contributed by atoms with E-state index in [-0.39, 0.29) is 11.5 Å². The minimum Gasteiger partial charge on any atom is -0.505 e. The Morgan fingerprint density at radius 3 is 1.11 bits per heavy atom. The molecule has 62 heavy (non-hydrogen) atoms. The summed E-state index contributed by atoms with van der Waals surface area (Å²) in [5, 5.41) is 28.2. The molecule has 0 spiro atoms. The van der Waals surface area contributed by atoms with Gasteiger partial charge in [-0.1, -0.05) is 72.8 Å². The zero-order chi connectivity index (χ0) is 42.5. The van der Waals surface area contributed by atoms with E-state index in [9.17, 15) is 19.0 Å². The topological polar surface area (TPSA) is 68.8 Å². The van der Waals surface area contributed by atoms with Gasteiger partial charge in [0.1, 0.15) is 34.6 Å². The molecule has 2 N–H and O–H groups in total. The Balaban J connectivity index is 0.885. The number of rotatable bonds is 11. The van der Waals surface area contributed by atoms with Crippen LogP contribution < -0.4 is 9.47 Å². The van der Waals surface area contributed by atoms with E-state index >= 15 is 0 Å². The van der Waals surface area contributed by atoms with E-state index in [0.29, 0.717) is 71.2 Å². The first-order valence-corrected chi connectivity index (χ1v) is 20.7. The highest BCUT2D eigenvalue weighted by Crippen LogP contribution is 2.45. The molecule has 2 aromatic heterocycles. The molecule has 0 aliphatic carbocycles. The number of aromatic nitrogens is 2. The fraction of sp³-hybridized carbons (Fsp3) is 0.111. The lowest BCUT2D eigenvalue weighted by Gasteiger charge is -2.18. The van der Waals surface area contributed by atoms with Gasteiger partial charge in [-0.3, -0.25) is 0 Å². The summed E-state index contributed by atoms with van der Waals surface area (Å²) in [6, 6.07) is 48.6. The monoisotopic (exact) mass is 820 g/mol. The van der Waals surface area contributed by atoms with Gasteiger partial charge in [0.05, 0.1) is 46.7 Å². The van der Waals surface area contributed by atoms with E-state index in [2.05, 4.69) is 24.3 Å². The fourth-order valence-corrected chi connectivity index (χ4v) is 8.88. The lowest BCUT2D eigenvalue weighted by Crippen LogP contribution is -2.05. The molecular formula is C54H42F2N2O4. The number of aromatic hydroxyl groups is 2. The molecule has 0 amide bonds. The summed E-state index contributed by atoms with van der Waals surface area (Å²) in [5.74, 6) is 0.0205. The van der Waals surface area contributed by atoms with Crippen LogP contribution in [-0.2, 0) is 0 Å². The third kappa shape index (κ3) is 6.74. The van der Waals surface area contributed by atoms with Crippen molar-refractivity contribution in [2.75, 3.05) is 13.2 Å². The fourth-order valence-electron chi connectivity index (χ4n) is 8.88. The van der Waals surface area contributed by atoms with Crippen LogP contribution in [0.5, 0.6) is 23.0 Å². The van der Waals surface area contributed by atoms with E-state index in [1.165, 1.54) is 24.3 Å². The molecule has 0 saturated heterocycles. The van der Waals surface area contributed by atoms with E-state index in [0.717, 1.165) is 54.7 Å². The van der Waals surface area contributed by atoms with Crippen molar-refractivity contribution in [1.29, 1.82) is 0 Å². The van der Waals surface area contributed by atoms with Crippen LogP contribution in [0.15, 0.2) is 158 Å². The van der Waals surface area contributed by atoms with Gasteiger partial charge < -0.3 is 28.8 Å². The summed E-state index contributed by atoms with van der Waals surface area (Å²) in [4.78, 5) is 0. The van der Waals surface area contributed by atoms with Gasteiger partial charge in [0.25, 0.3) is 0 Å². The van der Waals surface area contributed by atoms with Crippen LogP contribution in [0.1, 0.15) is 24.0 Å². The van der Waals surface area contributed by atoms with Gasteiger partial charge in [0.2, 0.25) is 0 Å². The van der Waals surface area contributed by atoms with Crippen molar-refractivity contribution in [3.8, 4) is 56.6 Å². The quantitative estimate of drug-likeness (QED) is 0.128. The minimum atomic E-state index is -0.447. The third-order valence-corrected chi connectivity index (χ3v) is 11.6. The van der Waals surface area contributed by atoms with Gasteiger partial charge in [0, 0.05) is 43.8 Å². The summed E-state index contributed by atoms with van der Waals surface area (Å²) in [5.41, 5.74) is 8.58. The van der Waals surface area contributed by atoms with Crippen molar-refractivity contribution < 1.29 is 28.5 Å². The predicted molar refractivity (Wildman–Crippen MR) is 245 cm³/mol. The average molecular weight is 821 g/mol. The maximum Gasteiger partial charge on any atom is 0.147 e. The van der Waals surface area contributed by atoms with Crippen LogP contribution in [0, 0.1) is 25.5 Å². The SMILES string of the molecule is Cc1cc(-c2cc(F)ccc2OCCCCOc2ccc(F)cc2-c2cc(C)cc(-n3c4ccccc4c4ccccc43)c2O)c(O)c(-n2c3ccccc3c3ccccc32)c1. The highest BCUT2D eigenvalue weighted by atomic mass is 19.1. The Kier molecular flexibility index (Phi) is 9.83. The Labute approximate surface area is 357 Å². The molecule has 0 unspecified atom stereocenters. The molecule has 0 atom stereocenters. The van der Waals surface area contributed by atoms with Crippen molar-refractivity contribution in [2.24, 2.45) is 0 Å². The smallest absolute Gasteiger partial charge is 0.147 e. The highest BCUT2D eigenvalue weighted by molar-refractivity contribution is 6.10. The summed E-state index contributed by atoms with van der Waals surface area (Å²) in [6.45, 7) is 4.51. The number of hydrogen-bond acceptors (Lipinski definition) is 4. The van der Waals surface area contributed by atoms with Crippen LogP contribution in [0.25, 0.3) is 77.2 Å². The minimum absolute atomic E-state index is 0.0166. The first-order valence-electron chi connectivity index (χ1n) is 20.7. The van der Waals surface area contributed by atoms with Gasteiger partial charge >= 0.3 is 0 Å². The van der Waals surface area contributed by atoms with Gasteiger partial charge in [-0.25, -0.2) is 8.78 Å². The number of para-hydroxylation sites is 4. The normalized spacial score (nSPS) is 11.6. The Hall–Kier alpha value is -7.58. The Bertz CT molecular complexity index is 3020. The number of fused-ring (bicyclic) bond motifs is 6. The molecule has 306 valence electrons. The number of benzene rings is 8. The van der Waals surface area contributed by atoms with Gasteiger partial charge in [-0.05, 0) is 123 Å². The summed E-state index contributed by atoms with van der Waals surface area (Å²) < 4.78 is 46.6. The molecule has 0 saturated carbocycles. The largest absolute Gasteiger partial charge is 0.505 e. The summed E-state index contributed by atoms with van der Waals surface area (Å²) >= 11 is 0. The number of phenolic OH excluding ortho intramolecular Hbond substituents is 2. The van der Waals surface area contributed by atoms with E-state index in [1.807, 2.05) is 120 Å². The number of hydrogen-bond donors (Lipinski definition) is 2. The molecule has 8 heteroatoms. The first-order chi connectivity index (χ1) is 30.2. The Morgan fingerprint density at radius 2 is 0.758 bits per heavy atom. The molecule has 0 radical (unpaired) electrons. The molecule has 0 aliphatic heterocycles. The molecule has 6 nitrogen and oxygen atoms in total. The van der Waals surface area contributed by atoms with Crippen molar-refractivity contribution in [1.82, 2.24) is 9.13 Å². The van der Waals surface area contributed by atoms with Crippen LogP contribution in [-0.4, -0.2) is 32.6 Å². The first kappa shape index (κ1) is 38.6. The predicted octanol–water partition coefficient (Wildman–Crippen LogP) is 13.8. The second-order valence-corrected chi connectivity index (χ2v) is 15.8. The third-order valence-electron chi connectivity index (χ3n) is 11.6. The van der Waals surface area contributed by atoms with Gasteiger partial charge in [-0.15, -0.1) is 0 Å². The maximum absolute atomic E-state index is 15.0. The van der Waals surface area contributed by atoms with E-state index < -0.39 is 11.6 Å². The molecule has 8 aromatic carbocycles. The lowest BCUT2D eigenvalue weighted by molar-refractivity contribution is 0.267. The number of phenols is 2. The zero-order valence-electron chi connectivity index (χ0n) is 34.2. The second kappa shape index (κ2) is 15.8. The number of aryl methyl sites for hydroxylation is 2. The second-order valence-electron chi connectivity index (χ2n) is 15.8. The maximum atomic E-state index is 15.0. The van der Waals surface area contributed by atoms with Crippen LogP contribution >= 0.6 is 0 Å². The van der Waals surface area contributed by atoms with E-state index in [4.69, 9.17) is 9.47 Å². The molecule has 2 heterocycles. The molecule has 10 aromatic rings. The standard InChI is InChI=1S/C54H42F2N2O4/c1-33-27-43(53(59)49(29-33)57-45-17-7-3-13-37(45)38-14-4-8-18-46(38)57)41-31-35(55)21-23-51(41)61-25-11-12-26-62-52-24-22-36(56)32-42(52)44-28-34(2)30-50(54(44)60)58-47-19-9-5-15-39(47)40-16-6-10-20-48(40)58/h3-10,13-24,27-32,59-60H,11-12,25-26H2,1-2H3. The van der Waals surface area contributed by atoms with Crippen LogP contribution in [0.2, 0.25) is 0 Å².